The highest BCUT2D eigenvalue weighted by Gasteiger charge is 2.52. The molecule has 6 aliphatic rings. The van der Waals surface area contributed by atoms with Gasteiger partial charge in [0.1, 0.15) is 34.5 Å². The number of benzene rings is 11. The molecule has 11 aromatic carbocycles. The maximum absolute atomic E-state index is 7.71. The molecule has 80 heavy (non-hydrogen) atoms. The van der Waals surface area contributed by atoms with Crippen molar-refractivity contribution in [1.82, 2.24) is 4.57 Å². The number of aryl methyl sites for hydroxylation is 4. The summed E-state index contributed by atoms with van der Waals surface area (Å²) in [7, 11) is 0. The van der Waals surface area contributed by atoms with E-state index in [1.165, 1.54) is 75.8 Å². The first-order chi connectivity index (χ1) is 39.4. The number of hydrogen-bond acceptors (Lipinski definition) is 6. The Balaban J connectivity index is 1.03. The third-order valence-electron chi connectivity index (χ3n) is 18.1. The van der Waals surface area contributed by atoms with Crippen molar-refractivity contribution in [3.63, 3.8) is 0 Å². The van der Waals surface area contributed by atoms with Crippen LogP contribution in [0.5, 0.6) is 34.5 Å². The Morgan fingerprint density at radius 2 is 0.838 bits per heavy atom. The fourth-order valence-corrected chi connectivity index (χ4v) is 16.1. The summed E-state index contributed by atoms with van der Waals surface area (Å²) >= 11 is 1.87. The summed E-state index contributed by atoms with van der Waals surface area (Å²) in [5.41, 5.74) is 25.5. The Kier molecular flexibility index (Phi) is 9.05. The van der Waals surface area contributed by atoms with Crippen LogP contribution >= 0.6 is 11.8 Å². The quantitative estimate of drug-likeness (QED) is 0.164. The number of fused-ring (bicyclic) bond motifs is 16. The van der Waals surface area contributed by atoms with Crippen molar-refractivity contribution in [3.05, 3.63) is 229 Å². The SMILES string of the molecule is Cc1cccc(C)c1N1c2cc3c(cc2B2c4c1cc(-n1c5ccccc5c5ccccc51)cc4N(c1c(C)cccc1C)c1cc4c5c(c12)Oc1ccccc1B5c1ccccc1S4)B1c2ccccc2Oc2cccc(c21)O3. The summed E-state index contributed by atoms with van der Waals surface area (Å²) in [6, 6.07) is 76.1. The first-order valence-electron chi connectivity index (χ1n) is 27.7. The van der Waals surface area contributed by atoms with Crippen molar-refractivity contribution in [2.45, 2.75) is 37.5 Å². The summed E-state index contributed by atoms with van der Waals surface area (Å²) in [6.07, 6.45) is 0. The van der Waals surface area contributed by atoms with Gasteiger partial charge in [-0.3, -0.25) is 0 Å². The number of aromatic nitrogens is 1. The van der Waals surface area contributed by atoms with Gasteiger partial charge in [0.15, 0.2) is 0 Å². The third-order valence-corrected chi connectivity index (χ3v) is 19.2. The minimum absolute atomic E-state index is 0.0281. The number of nitrogens with zero attached hydrogens (tertiary/aromatic N) is 3. The monoisotopic (exact) mass is 1040 g/mol. The zero-order chi connectivity index (χ0) is 52.8. The molecule has 0 fully saturated rings. The van der Waals surface area contributed by atoms with E-state index in [1.54, 1.807) is 0 Å². The normalized spacial score (nSPS) is 14.1. The number of para-hydroxylation sites is 6. The average Bonchev–Trinajstić information content (AvgIpc) is 3.98. The van der Waals surface area contributed by atoms with Gasteiger partial charge in [0.25, 0.3) is 20.1 Å². The first kappa shape index (κ1) is 44.7. The van der Waals surface area contributed by atoms with Gasteiger partial charge in [-0.05, 0) is 149 Å². The lowest BCUT2D eigenvalue weighted by molar-refractivity contribution is 0.464. The van der Waals surface area contributed by atoms with E-state index in [0.29, 0.717) is 0 Å². The van der Waals surface area contributed by atoms with Gasteiger partial charge >= 0.3 is 0 Å². The molecule has 0 atom stereocenters. The van der Waals surface area contributed by atoms with E-state index in [1.807, 2.05) is 11.8 Å². The van der Waals surface area contributed by atoms with Crippen LogP contribution in [0.25, 0.3) is 27.5 Å². The molecule has 6 nitrogen and oxygen atoms in total. The molecule has 18 rings (SSSR count). The number of anilines is 6. The Morgan fingerprint density at radius 1 is 0.338 bits per heavy atom. The lowest BCUT2D eigenvalue weighted by atomic mass is 9.29. The highest BCUT2D eigenvalue weighted by atomic mass is 32.2. The van der Waals surface area contributed by atoms with Crippen LogP contribution in [0, 0.1) is 27.7 Å². The second-order valence-corrected chi connectivity index (χ2v) is 23.5. The second kappa shape index (κ2) is 16.2. The molecule has 10 heteroatoms. The smallest absolute Gasteiger partial charge is 0.260 e. The van der Waals surface area contributed by atoms with Gasteiger partial charge in [-0.15, -0.1) is 0 Å². The summed E-state index contributed by atoms with van der Waals surface area (Å²) in [6.45, 7) is 8.61. The van der Waals surface area contributed by atoms with E-state index in [2.05, 4.69) is 248 Å². The summed E-state index contributed by atoms with van der Waals surface area (Å²) in [5.74, 6) is 5.20. The lowest BCUT2D eigenvalue weighted by Gasteiger charge is -2.47. The van der Waals surface area contributed by atoms with Crippen molar-refractivity contribution < 1.29 is 14.2 Å². The van der Waals surface area contributed by atoms with Crippen LogP contribution in [0.2, 0.25) is 0 Å². The Bertz CT molecular complexity index is 4680. The molecule has 1 aromatic heterocycles. The minimum atomic E-state index is -0.302. The number of rotatable bonds is 3. The molecule has 0 amide bonds. The Morgan fingerprint density at radius 3 is 1.49 bits per heavy atom. The highest BCUT2D eigenvalue weighted by Crippen LogP contribution is 2.52. The van der Waals surface area contributed by atoms with E-state index in [4.69, 9.17) is 14.2 Å². The van der Waals surface area contributed by atoms with Crippen LogP contribution in [-0.4, -0.2) is 24.7 Å². The van der Waals surface area contributed by atoms with Gasteiger partial charge in [-0.25, -0.2) is 0 Å². The molecule has 0 N–H and O–H groups in total. The van der Waals surface area contributed by atoms with Crippen molar-refractivity contribution in [2.75, 3.05) is 9.80 Å². The van der Waals surface area contributed by atoms with Crippen LogP contribution in [0.3, 0.4) is 0 Å². The Hall–Kier alpha value is -9.24. The molecule has 0 saturated heterocycles. The van der Waals surface area contributed by atoms with E-state index >= 15 is 0 Å². The lowest BCUT2D eigenvalue weighted by Crippen LogP contribution is -2.66. The van der Waals surface area contributed by atoms with E-state index < -0.39 is 0 Å². The van der Waals surface area contributed by atoms with Crippen LogP contribution < -0.4 is 73.2 Å². The zero-order valence-electron chi connectivity index (χ0n) is 44.3. The molecule has 0 spiro atoms. The molecule has 0 aliphatic carbocycles. The zero-order valence-corrected chi connectivity index (χ0v) is 45.2. The fourth-order valence-electron chi connectivity index (χ4n) is 14.9. The van der Waals surface area contributed by atoms with Crippen molar-refractivity contribution in [2.24, 2.45) is 0 Å². The average molecular weight is 1040 g/mol. The molecule has 6 aliphatic heterocycles. The van der Waals surface area contributed by atoms with Crippen molar-refractivity contribution in [1.29, 1.82) is 0 Å². The molecule has 0 bridgehead atoms. The summed E-state index contributed by atoms with van der Waals surface area (Å²) in [5, 5.41) is 2.44. The van der Waals surface area contributed by atoms with Crippen molar-refractivity contribution >= 4 is 137 Å². The van der Waals surface area contributed by atoms with Crippen LogP contribution in [0.4, 0.5) is 34.1 Å². The van der Waals surface area contributed by atoms with Crippen LogP contribution in [0.1, 0.15) is 22.3 Å². The molecule has 7 heterocycles. The molecular weight excluding hydrogens is 995 g/mol. The van der Waals surface area contributed by atoms with Crippen molar-refractivity contribution in [3.8, 4) is 40.2 Å². The fraction of sp³-hybridized carbons (Fsp3) is 0.0571. The van der Waals surface area contributed by atoms with Gasteiger partial charge in [-0.1, -0.05) is 157 Å². The van der Waals surface area contributed by atoms with Gasteiger partial charge < -0.3 is 28.6 Å². The third kappa shape index (κ3) is 5.88. The topological polar surface area (TPSA) is 39.1 Å². The molecule has 374 valence electrons. The Labute approximate surface area is 469 Å². The van der Waals surface area contributed by atoms with Crippen LogP contribution in [0.15, 0.2) is 216 Å². The molecule has 0 unspecified atom stereocenters. The van der Waals surface area contributed by atoms with E-state index in [0.717, 1.165) is 102 Å². The van der Waals surface area contributed by atoms with Crippen LogP contribution in [-0.2, 0) is 0 Å². The maximum atomic E-state index is 7.71. The second-order valence-electron chi connectivity index (χ2n) is 22.4. The predicted molar refractivity (Wildman–Crippen MR) is 333 cm³/mol. The summed E-state index contributed by atoms with van der Waals surface area (Å²) < 4.78 is 24.2. The van der Waals surface area contributed by atoms with E-state index in [-0.39, 0.29) is 20.1 Å². The number of hydrogen-bond donors (Lipinski definition) is 0. The predicted octanol–water partition coefficient (Wildman–Crippen LogP) is 11.9. The molecule has 12 aromatic rings. The van der Waals surface area contributed by atoms with E-state index in [9.17, 15) is 0 Å². The highest BCUT2D eigenvalue weighted by molar-refractivity contribution is 8.00. The standard InChI is InChI=1S/C70H46B3N3O3S/c1-39-18-15-19-40(2)68(39)75-53-37-61-50(72-46-24-7-12-29-57(46)77-59-31-17-32-60(78-61)66(59)72)36-49(53)73-64-54(75)34-43(74-51-27-10-5-22-44(51)45-23-6-11-28-52(45)74)35-55(64)76(69-41(3)20-16-21-42(69)4)56-38-63-67-70(65(56)73)79-58-30-13-8-25-47(58)71(67)48-26-9-14-33-62(48)80-63/h5-38H,1-4H3. The van der Waals surface area contributed by atoms with Gasteiger partial charge in [0.05, 0.1) is 28.1 Å². The summed E-state index contributed by atoms with van der Waals surface area (Å²) in [4.78, 5) is 7.69. The largest absolute Gasteiger partial charge is 0.459 e. The van der Waals surface area contributed by atoms with Gasteiger partial charge in [0, 0.05) is 54.8 Å². The molecular formula is C70H46B3N3O3S. The van der Waals surface area contributed by atoms with Gasteiger partial charge in [0.2, 0.25) is 0 Å². The molecule has 0 saturated carbocycles. The molecule has 0 radical (unpaired) electrons. The van der Waals surface area contributed by atoms with Gasteiger partial charge in [-0.2, -0.15) is 0 Å². The minimum Gasteiger partial charge on any atom is -0.459 e. The number of ether oxygens (including phenoxy) is 3. The maximum Gasteiger partial charge on any atom is 0.260 e. The first-order valence-corrected chi connectivity index (χ1v) is 28.6.